The Hall–Kier alpha value is -1.94. The highest BCUT2D eigenvalue weighted by atomic mass is 32.2. The molecule has 0 aliphatic heterocycles. The molecule has 0 heterocycles. The first kappa shape index (κ1) is 20.8. The maximum Gasteiger partial charge on any atom is 0.242 e. The highest BCUT2D eigenvalue weighted by molar-refractivity contribution is 7.89. The SMILES string of the molecule is COc1ccccc1CCN(C)S(=O)(=O)c1ccc(S(=O)(=O)NC2CC2)cc1. The van der Waals surface area contributed by atoms with E-state index in [9.17, 15) is 16.8 Å². The van der Waals surface area contributed by atoms with Gasteiger partial charge in [-0.3, -0.25) is 0 Å². The molecule has 3 rings (SSSR count). The molecule has 0 aromatic heterocycles. The molecule has 152 valence electrons. The number of rotatable bonds is 9. The van der Waals surface area contributed by atoms with E-state index in [1.54, 1.807) is 7.11 Å². The van der Waals surface area contributed by atoms with Gasteiger partial charge in [-0.2, -0.15) is 0 Å². The first-order valence-corrected chi connectivity index (χ1v) is 11.9. The zero-order chi connectivity index (χ0) is 20.4. The van der Waals surface area contributed by atoms with E-state index in [1.807, 2.05) is 24.3 Å². The van der Waals surface area contributed by atoms with Crippen molar-refractivity contribution < 1.29 is 21.6 Å². The minimum Gasteiger partial charge on any atom is -0.496 e. The van der Waals surface area contributed by atoms with Crippen molar-refractivity contribution in [1.82, 2.24) is 9.03 Å². The van der Waals surface area contributed by atoms with Gasteiger partial charge in [0, 0.05) is 19.6 Å². The van der Waals surface area contributed by atoms with Crippen molar-refractivity contribution in [3.8, 4) is 5.75 Å². The van der Waals surface area contributed by atoms with E-state index < -0.39 is 20.0 Å². The van der Waals surface area contributed by atoms with E-state index in [-0.39, 0.29) is 22.4 Å². The average Bonchev–Trinajstić information content (AvgIpc) is 3.49. The van der Waals surface area contributed by atoms with Gasteiger partial charge in [-0.05, 0) is 55.2 Å². The average molecular weight is 425 g/mol. The topological polar surface area (TPSA) is 92.8 Å². The van der Waals surface area contributed by atoms with Crippen molar-refractivity contribution in [2.24, 2.45) is 0 Å². The van der Waals surface area contributed by atoms with Gasteiger partial charge in [-0.1, -0.05) is 18.2 Å². The smallest absolute Gasteiger partial charge is 0.242 e. The van der Waals surface area contributed by atoms with E-state index in [2.05, 4.69) is 4.72 Å². The first-order chi connectivity index (χ1) is 13.2. The zero-order valence-electron chi connectivity index (χ0n) is 15.8. The molecule has 0 amide bonds. The molecule has 0 saturated heterocycles. The summed E-state index contributed by atoms with van der Waals surface area (Å²) in [6.45, 7) is 0.270. The zero-order valence-corrected chi connectivity index (χ0v) is 17.5. The van der Waals surface area contributed by atoms with Crippen molar-refractivity contribution in [1.29, 1.82) is 0 Å². The maximum absolute atomic E-state index is 12.8. The predicted octanol–water partition coefficient (Wildman–Crippen LogP) is 2.00. The molecule has 2 aromatic rings. The third-order valence-electron chi connectivity index (χ3n) is 4.63. The van der Waals surface area contributed by atoms with Crippen LogP contribution in [0.2, 0.25) is 0 Å². The Morgan fingerprint density at radius 2 is 1.61 bits per heavy atom. The van der Waals surface area contributed by atoms with Gasteiger partial charge >= 0.3 is 0 Å². The van der Waals surface area contributed by atoms with Crippen LogP contribution in [0.3, 0.4) is 0 Å². The van der Waals surface area contributed by atoms with Gasteiger partial charge < -0.3 is 4.74 Å². The van der Waals surface area contributed by atoms with Crippen LogP contribution >= 0.6 is 0 Å². The summed E-state index contributed by atoms with van der Waals surface area (Å²) in [6.07, 6.45) is 2.17. The molecule has 1 fully saturated rings. The lowest BCUT2D eigenvalue weighted by Gasteiger charge is -2.18. The number of ether oxygens (including phenoxy) is 1. The number of sulfonamides is 2. The largest absolute Gasteiger partial charge is 0.496 e. The van der Waals surface area contributed by atoms with E-state index >= 15 is 0 Å². The molecule has 1 aliphatic rings. The second-order valence-corrected chi connectivity index (χ2v) is 10.5. The predicted molar refractivity (Wildman–Crippen MR) is 106 cm³/mol. The van der Waals surface area contributed by atoms with Crippen LogP contribution in [0.5, 0.6) is 5.75 Å². The molecule has 0 unspecified atom stereocenters. The highest BCUT2D eigenvalue weighted by Gasteiger charge is 2.28. The molecule has 1 aliphatic carbocycles. The Morgan fingerprint density at radius 1 is 1.00 bits per heavy atom. The molecule has 9 heteroatoms. The van der Waals surface area contributed by atoms with E-state index in [4.69, 9.17) is 4.74 Å². The van der Waals surface area contributed by atoms with Crippen LogP contribution in [-0.2, 0) is 26.5 Å². The van der Waals surface area contributed by atoms with Crippen LogP contribution in [0.25, 0.3) is 0 Å². The number of hydrogen-bond acceptors (Lipinski definition) is 5. The molecular formula is C19H24N2O5S2. The monoisotopic (exact) mass is 424 g/mol. The summed E-state index contributed by atoms with van der Waals surface area (Å²) in [6, 6.07) is 12.8. The van der Waals surface area contributed by atoms with Gasteiger partial charge in [-0.25, -0.2) is 25.9 Å². The molecule has 0 atom stereocenters. The molecule has 28 heavy (non-hydrogen) atoms. The number of methoxy groups -OCH3 is 1. The van der Waals surface area contributed by atoms with E-state index in [0.717, 1.165) is 18.4 Å². The number of benzene rings is 2. The lowest BCUT2D eigenvalue weighted by molar-refractivity contribution is 0.406. The van der Waals surface area contributed by atoms with Crippen LogP contribution in [0.1, 0.15) is 18.4 Å². The minimum absolute atomic E-state index is 0.00507. The third-order valence-corrected chi connectivity index (χ3v) is 8.04. The minimum atomic E-state index is -3.72. The summed E-state index contributed by atoms with van der Waals surface area (Å²) in [7, 11) is -4.25. The number of para-hydroxylation sites is 1. The van der Waals surface area contributed by atoms with Gasteiger partial charge in [-0.15, -0.1) is 0 Å². The fourth-order valence-electron chi connectivity index (χ4n) is 2.77. The Labute approximate surface area is 166 Å². The van der Waals surface area contributed by atoms with Crippen molar-refractivity contribution in [2.75, 3.05) is 20.7 Å². The molecule has 7 nitrogen and oxygen atoms in total. The van der Waals surface area contributed by atoms with Crippen LogP contribution in [0.15, 0.2) is 58.3 Å². The highest BCUT2D eigenvalue weighted by Crippen LogP contribution is 2.24. The van der Waals surface area contributed by atoms with Crippen molar-refractivity contribution in [3.05, 3.63) is 54.1 Å². The Kier molecular flexibility index (Phi) is 6.09. The Morgan fingerprint density at radius 3 is 2.21 bits per heavy atom. The Bertz CT molecular complexity index is 1030. The van der Waals surface area contributed by atoms with Crippen LogP contribution in [-0.4, -0.2) is 47.9 Å². The molecule has 0 spiro atoms. The van der Waals surface area contributed by atoms with E-state index in [1.165, 1.54) is 35.6 Å². The number of likely N-dealkylation sites (N-methyl/N-ethyl adjacent to an activating group) is 1. The van der Waals surface area contributed by atoms with Gasteiger partial charge in [0.25, 0.3) is 0 Å². The summed E-state index contributed by atoms with van der Waals surface area (Å²) < 4.78 is 59.1. The van der Waals surface area contributed by atoms with Crippen molar-refractivity contribution in [3.63, 3.8) is 0 Å². The number of hydrogen-bond donors (Lipinski definition) is 1. The fraction of sp³-hybridized carbons (Fsp3) is 0.368. The Balaban J connectivity index is 1.70. The van der Waals surface area contributed by atoms with Crippen LogP contribution in [0, 0.1) is 0 Å². The van der Waals surface area contributed by atoms with Crippen LogP contribution in [0.4, 0.5) is 0 Å². The van der Waals surface area contributed by atoms with Crippen LogP contribution < -0.4 is 9.46 Å². The summed E-state index contributed by atoms with van der Waals surface area (Å²) in [5.74, 6) is 0.714. The maximum atomic E-state index is 12.8. The van der Waals surface area contributed by atoms with Gasteiger partial charge in [0.15, 0.2) is 0 Å². The number of nitrogens with zero attached hydrogens (tertiary/aromatic N) is 1. The molecule has 0 bridgehead atoms. The molecule has 2 aromatic carbocycles. The van der Waals surface area contributed by atoms with Gasteiger partial charge in [0.2, 0.25) is 20.0 Å². The fourth-order valence-corrected chi connectivity index (χ4v) is 5.24. The van der Waals surface area contributed by atoms with Gasteiger partial charge in [0.05, 0.1) is 16.9 Å². The van der Waals surface area contributed by atoms with E-state index in [0.29, 0.717) is 12.2 Å². The molecule has 1 saturated carbocycles. The van der Waals surface area contributed by atoms with Crippen molar-refractivity contribution >= 4 is 20.0 Å². The summed E-state index contributed by atoms with van der Waals surface area (Å²) in [5.41, 5.74) is 0.916. The first-order valence-electron chi connectivity index (χ1n) is 8.94. The summed E-state index contributed by atoms with van der Waals surface area (Å²) in [5, 5.41) is 0. The van der Waals surface area contributed by atoms with Crippen molar-refractivity contribution in [2.45, 2.75) is 35.1 Å². The third kappa shape index (κ3) is 4.72. The second kappa shape index (κ2) is 8.20. The van der Waals surface area contributed by atoms with Gasteiger partial charge in [0.1, 0.15) is 5.75 Å². The second-order valence-electron chi connectivity index (χ2n) is 6.76. The lowest BCUT2D eigenvalue weighted by Crippen LogP contribution is -2.29. The quantitative estimate of drug-likeness (QED) is 0.665. The molecule has 0 radical (unpaired) electrons. The molecule has 1 N–H and O–H groups in total. The molecular weight excluding hydrogens is 400 g/mol. The normalized spacial score (nSPS) is 15.0. The number of nitrogens with one attached hydrogen (secondary N) is 1. The summed E-state index contributed by atoms with van der Waals surface area (Å²) >= 11 is 0. The lowest BCUT2D eigenvalue weighted by atomic mass is 10.1. The summed E-state index contributed by atoms with van der Waals surface area (Å²) in [4.78, 5) is 0.121. The standard InChI is InChI=1S/C19H24N2O5S2/c1-21(14-13-15-5-3-4-6-19(15)26-2)28(24,25)18-11-9-17(10-12-18)27(22,23)20-16-7-8-16/h3-6,9-12,16,20H,7-8,13-14H2,1-2H3.